The second kappa shape index (κ2) is 6.56. The normalized spacial score (nSPS) is 11.7. The highest BCUT2D eigenvalue weighted by Gasteiger charge is 2.09. The second-order valence-corrected chi connectivity index (χ2v) is 3.98. The van der Waals surface area contributed by atoms with E-state index in [0.717, 1.165) is 29.5 Å². The Bertz CT molecular complexity index is 340. The molecule has 3 N–H and O–H groups in total. The summed E-state index contributed by atoms with van der Waals surface area (Å²) in [6.45, 7) is 7.47. The average molecular weight is 242 g/mol. The zero-order valence-corrected chi connectivity index (χ0v) is 10.7. The lowest BCUT2D eigenvalue weighted by atomic mass is 9.98. The standard InChI is InChI=1S/C13H19NO.ClH/c1-4-5-6-12(14)11-7-9(2)13(15)10(3)8-11;/h4,7-8,12,15H,1,5-6,14H2,2-3H3;1H/t12-;/m1./s1. The summed E-state index contributed by atoms with van der Waals surface area (Å²) in [4.78, 5) is 0. The molecular formula is C13H20ClNO. The van der Waals surface area contributed by atoms with Gasteiger partial charge in [0.25, 0.3) is 0 Å². The molecule has 0 fully saturated rings. The summed E-state index contributed by atoms with van der Waals surface area (Å²) < 4.78 is 0. The van der Waals surface area contributed by atoms with Crippen molar-refractivity contribution in [2.75, 3.05) is 0 Å². The van der Waals surface area contributed by atoms with Gasteiger partial charge in [-0.15, -0.1) is 19.0 Å². The van der Waals surface area contributed by atoms with E-state index in [4.69, 9.17) is 5.73 Å². The van der Waals surface area contributed by atoms with Crippen molar-refractivity contribution in [2.24, 2.45) is 5.73 Å². The quantitative estimate of drug-likeness (QED) is 0.794. The number of benzene rings is 1. The Morgan fingerprint density at radius 2 is 1.88 bits per heavy atom. The first kappa shape index (κ1) is 15.0. The summed E-state index contributed by atoms with van der Waals surface area (Å²) in [7, 11) is 0. The molecule has 0 saturated carbocycles. The van der Waals surface area contributed by atoms with Crippen LogP contribution in [0.1, 0.15) is 35.6 Å². The molecule has 0 aliphatic rings. The van der Waals surface area contributed by atoms with Crippen molar-refractivity contribution in [3.05, 3.63) is 41.5 Å². The predicted molar refractivity (Wildman–Crippen MR) is 71.2 cm³/mol. The molecule has 1 aromatic rings. The molecule has 0 bridgehead atoms. The van der Waals surface area contributed by atoms with Gasteiger partial charge in [-0.05, 0) is 43.4 Å². The number of hydrogen-bond acceptors (Lipinski definition) is 2. The van der Waals surface area contributed by atoms with E-state index in [-0.39, 0.29) is 18.4 Å². The molecule has 0 heterocycles. The van der Waals surface area contributed by atoms with Gasteiger partial charge in [-0.25, -0.2) is 0 Å². The molecule has 16 heavy (non-hydrogen) atoms. The van der Waals surface area contributed by atoms with Gasteiger partial charge in [0, 0.05) is 6.04 Å². The summed E-state index contributed by atoms with van der Waals surface area (Å²) in [6.07, 6.45) is 3.69. The molecule has 0 aliphatic carbocycles. The molecule has 1 atom stereocenters. The number of phenols is 1. The summed E-state index contributed by atoms with van der Waals surface area (Å²) in [5, 5.41) is 9.63. The highest BCUT2D eigenvalue weighted by atomic mass is 35.5. The van der Waals surface area contributed by atoms with E-state index in [1.54, 1.807) is 0 Å². The second-order valence-electron chi connectivity index (χ2n) is 3.98. The minimum Gasteiger partial charge on any atom is -0.507 e. The predicted octanol–water partition coefficient (Wildman–Crippen LogP) is 3.40. The van der Waals surface area contributed by atoms with Crippen LogP contribution in [0.4, 0.5) is 0 Å². The van der Waals surface area contributed by atoms with Crippen LogP contribution in [0.2, 0.25) is 0 Å². The minimum absolute atomic E-state index is 0. The molecule has 3 heteroatoms. The van der Waals surface area contributed by atoms with Crippen LogP contribution in [-0.4, -0.2) is 5.11 Å². The Morgan fingerprint density at radius 3 is 2.31 bits per heavy atom. The van der Waals surface area contributed by atoms with Gasteiger partial charge in [0.15, 0.2) is 0 Å². The molecule has 0 spiro atoms. The largest absolute Gasteiger partial charge is 0.507 e. The molecule has 0 amide bonds. The number of halogens is 1. The number of rotatable bonds is 4. The van der Waals surface area contributed by atoms with Crippen LogP contribution in [-0.2, 0) is 0 Å². The zero-order chi connectivity index (χ0) is 11.4. The van der Waals surface area contributed by atoms with Crippen LogP contribution in [0.25, 0.3) is 0 Å². The number of aryl methyl sites for hydroxylation is 2. The number of hydrogen-bond donors (Lipinski definition) is 2. The van der Waals surface area contributed by atoms with E-state index in [9.17, 15) is 5.11 Å². The maximum atomic E-state index is 9.63. The van der Waals surface area contributed by atoms with Gasteiger partial charge in [0.05, 0.1) is 0 Å². The molecule has 1 aromatic carbocycles. The molecule has 0 unspecified atom stereocenters. The van der Waals surface area contributed by atoms with E-state index in [0.29, 0.717) is 5.75 Å². The maximum absolute atomic E-state index is 9.63. The fraction of sp³-hybridized carbons (Fsp3) is 0.385. The lowest BCUT2D eigenvalue weighted by Gasteiger charge is -2.14. The van der Waals surface area contributed by atoms with Gasteiger partial charge in [-0.1, -0.05) is 18.2 Å². The van der Waals surface area contributed by atoms with Crippen LogP contribution >= 0.6 is 12.4 Å². The molecular weight excluding hydrogens is 222 g/mol. The van der Waals surface area contributed by atoms with Crippen molar-refractivity contribution < 1.29 is 5.11 Å². The van der Waals surface area contributed by atoms with Crippen molar-refractivity contribution in [3.8, 4) is 5.75 Å². The summed E-state index contributed by atoms with van der Waals surface area (Å²) in [5.41, 5.74) is 8.90. The summed E-state index contributed by atoms with van der Waals surface area (Å²) >= 11 is 0. The summed E-state index contributed by atoms with van der Waals surface area (Å²) in [5.74, 6) is 0.370. The first-order valence-corrected chi connectivity index (χ1v) is 5.23. The minimum atomic E-state index is 0. The first-order chi connectivity index (χ1) is 7.06. The highest BCUT2D eigenvalue weighted by Crippen LogP contribution is 2.26. The van der Waals surface area contributed by atoms with Crippen molar-refractivity contribution in [3.63, 3.8) is 0 Å². The monoisotopic (exact) mass is 241 g/mol. The van der Waals surface area contributed by atoms with Crippen LogP contribution in [0, 0.1) is 13.8 Å². The summed E-state index contributed by atoms with van der Waals surface area (Å²) in [6, 6.07) is 3.94. The Hall–Kier alpha value is -0.990. The molecule has 90 valence electrons. The third-order valence-electron chi connectivity index (χ3n) is 2.62. The molecule has 0 aromatic heterocycles. The molecule has 0 saturated heterocycles. The average Bonchev–Trinajstić information content (AvgIpc) is 2.21. The van der Waals surface area contributed by atoms with E-state index < -0.39 is 0 Å². The van der Waals surface area contributed by atoms with E-state index in [2.05, 4.69) is 6.58 Å². The SMILES string of the molecule is C=CCC[C@@H](N)c1cc(C)c(O)c(C)c1.Cl. The Balaban J connectivity index is 0.00000225. The van der Waals surface area contributed by atoms with Crippen molar-refractivity contribution in [1.29, 1.82) is 0 Å². The molecule has 2 nitrogen and oxygen atoms in total. The van der Waals surface area contributed by atoms with Crippen molar-refractivity contribution in [1.82, 2.24) is 0 Å². The molecule has 0 aliphatic heterocycles. The van der Waals surface area contributed by atoms with Crippen molar-refractivity contribution in [2.45, 2.75) is 32.7 Å². The smallest absolute Gasteiger partial charge is 0.121 e. The number of allylic oxidation sites excluding steroid dienone is 1. The number of nitrogens with two attached hydrogens (primary N) is 1. The van der Waals surface area contributed by atoms with Crippen LogP contribution in [0.5, 0.6) is 5.75 Å². The number of aromatic hydroxyl groups is 1. The Morgan fingerprint density at radius 1 is 1.38 bits per heavy atom. The zero-order valence-electron chi connectivity index (χ0n) is 9.86. The van der Waals surface area contributed by atoms with Crippen LogP contribution in [0.3, 0.4) is 0 Å². The molecule has 1 rings (SSSR count). The third kappa shape index (κ3) is 3.54. The van der Waals surface area contributed by atoms with Gasteiger partial charge in [0.2, 0.25) is 0 Å². The van der Waals surface area contributed by atoms with Gasteiger partial charge >= 0.3 is 0 Å². The number of phenolic OH excluding ortho intramolecular Hbond substituents is 1. The first-order valence-electron chi connectivity index (χ1n) is 5.23. The highest BCUT2D eigenvalue weighted by molar-refractivity contribution is 5.85. The fourth-order valence-electron chi connectivity index (χ4n) is 1.67. The van der Waals surface area contributed by atoms with Gasteiger partial charge in [-0.3, -0.25) is 0 Å². The van der Waals surface area contributed by atoms with Crippen molar-refractivity contribution >= 4 is 12.4 Å². The Kier molecular flexibility index (Phi) is 6.16. The fourth-order valence-corrected chi connectivity index (χ4v) is 1.67. The van der Waals surface area contributed by atoms with Gasteiger partial charge in [-0.2, -0.15) is 0 Å². The molecule has 0 radical (unpaired) electrons. The Labute approximate surface area is 104 Å². The van der Waals surface area contributed by atoms with Gasteiger partial charge in [0.1, 0.15) is 5.75 Å². The topological polar surface area (TPSA) is 46.2 Å². The van der Waals surface area contributed by atoms with Crippen LogP contribution < -0.4 is 5.73 Å². The van der Waals surface area contributed by atoms with E-state index >= 15 is 0 Å². The van der Waals surface area contributed by atoms with Gasteiger partial charge < -0.3 is 10.8 Å². The van der Waals surface area contributed by atoms with E-state index in [1.807, 2.05) is 32.1 Å². The van der Waals surface area contributed by atoms with Crippen LogP contribution in [0.15, 0.2) is 24.8 Å². The third-order valence-corrected chi connectivity index (χ3v) is 2.62. The maximum Gasteiger partial charge on any atom is 0.121 e. The van der Waals surface area contributed by atoms with E-state index in [1.165, 1.54) is 0 Å². The lowest BCUT2D eigenvalue weighted by Crippen LogP contribution is -2.10. The lowest BCUT2D eigenvalue weighted by molar-refractivity contribution is 0.466.